The van der Waals surface area contributed by atoms with Gasteiger partial charge in [0, 0.05) is 25.3 Å². The Morgan fingerprint density at radius 2 is 1.43 bits per heavy atom. The highest BCUT2D eigenvalue weighted by atomic mass is 16.2. The van der Waals surface area contributed by atoms with Gasteiger partial charge < -0.3 is 15.5 Å². The lowest BCUT2D eigenvalue weighted by molar-refractivity contribution is 0.102. The van der Waals surface area contributed by atoms with Crippen LogP contribution in [0, 0.1) is 0 Å². The summed E-state index contributed by atoms with van der Waals surface area (Å²) in [5.41, 5.74) is 4.32. The van der Waals surface area contributed by atoms with Crippen LogP contribution >= 0.6 is 0 Å². The Balaban J connectivity index is 1.88. The number of nitrogens with one attached hydrogen (secondary N) is 2. The molecule has 1 aliphatic rings. The van der Waals surface area contributed by atoms with E-state index >= 15 is 0 Å². The van der Waals surface area contributed by atoms with E-state index < -0.39 is 6.04 Å². The summed E-state index contributed by atoms with van der Waals surface area (Å²) in [5, 5.41) is 5.80. The van der Waals surface area contributed by atoms with Crippen molar-refractivity contribution in [1.82, 2.24) is 10.6 Å². The maximum absolute atomic E-state index is 13.6. The minimum absolute atomic E-state index is 0.122. The first-order chi connectivity index (χ1) is 14.5. The van der Waals surface area contributed by atoms with Gasteiger partial charge in [-0.05, 0) is 23.3 Å². The third-order valence-electron chi connectivity index (χ3n) is 5.16. The Kier molecular flexibility index (Phi) is 5.35. The summed E-state index contributed by atoms with van der Waals surface area (Å²) in [4.78, 5) is 28.1. The molecule has 2 amide bonds. The molecule has 150 valence electrons. The van der Waals surface area contributed by atoms with E-state index in [-0.39, 0.29) is 11.8 Å². The van der Waals surface area contributed by atoms with Crippen molar-refractivity contribution < 1.29 is 9.59 Å². The van der Waals surface area contributed by atoms with Crippen molar-refractivity contribution in [3.63, 3.8) is 0 Å². The number of hydrogen-bond donors (Lipinski definition) is 2. The lowest BCUT2D eigenvalue weighted by atomic mass is 9.87. The van der Waals surface area contributed by atoms with Gasteiger partial charge in [0.15, 0.2) is 5.78 Å². The van der Waals surface area contributed by atoms with Crippen molar-refractivity contribution >= 4 is 23.2 Å². The van der Waals surface area contributed by atoms with Crippen molar-refractivity contribution in [2.75, 3.05) is 19.0 Å². The molecule has 1 heterocycles. The highest BCUT2D eigenvalue weighted by molar-refractivity contribution is 6.16. The van der Waals surface area contributed by atoms with Crippen LogP contribution in [0.25, 0.3) is 5.70 Å². The Hall–Kier alpha value is -3.86. The van der Waals surface area contributed by atoms with E-state index in [1.807, 2.05) is 91.8 Å². The summed E-state index contributed by atoms with van der Waals surface area (Å²) in [5.74, 6) is -0.122. The first-order valence-corrected chi connectivity index (χ1v) is 9.79. The van der Waals surface area contributed by atoms with Crippen molar-refractivity contribution in [1.29, 1.82) is 0 Å². The van der Waals surface area contributed by atoms with Crippen LogP contribution in [0.3, 0.4) is 0 Å². The lowest BCUT2D eigenvalue weighted by Gasteiger charge is -2.30. The van der Waals surface area contributed by atoms with Gasteiger partial charge in [0.25, 0.3) is 0 Å². The fraction of sp³-hybridized carbons (Fsp3) is 0.120. The second kappa shape index (κ2) is 8.25. The summed E-state index contributed by atoms with van der Waals surface area (Å²) in [7, 11) is 3.94. The van der Waals surface area contributed by atoms with E-state index in [4.69, 9.17) is 0 Å². The normalized spacial score (nSPS) is 15.9. The predicted octanol–water partition coefficient (Wildman–Crippen LogP) is 4.40. The number of Topliss-reactive ketones (excluding diaryl/α,β-unsaturated/α-hetero) is 1. The van der Waals surface area contributed by atoms with Crippen molar-refractivity contribution in [2.24, 2.45) is 0 Å². The number of rotatable bonds is 5. The third-order valence-corrected chi connectivity index (χ3v) is 5.16. The van der Waals surface area contributed by atoms with E-state index in [9.17, 15) is 9.59 Å². The van der Waals surface area contributed by atoms with E-state index in [0.717, 1.165) is 16.8 Å². The zero-order valence-electron chi connectivity index (χ0n) is 16.9. The molecule has 3 aromatic carbocycles. The molecule has 30 heavy (non-hydrogen) atoms. The molecule has 1 aliphatic heterocycles. The van der Waals surface area contributed by atoms with Crippen LogP contribution in [0.2, 0.25) is 0 Å². The molecule has 0 saturated heterocycles. The number of benzene rings is 3. The highest BCUT2D eigenvalue weighted by Gasteiger charge is 2.33. The molecule has 2 N–H and O–H groups in total. The van der Waals surface area contributed by atoms with Crippen LogP contribution in [-0.4, -0.2) is 25.9 Å². The number of urea groups is 1. The average molecular weight is 397 g/mol. The Morgan fingerprint density at radius 3 is 2.03 bits per heavy atom. The second-order valence-electron chi connectivity index (χ2n) is 7.37. The van der Waals surface area contributed by atoms with Gasteiger partial charge in [0.2, 0.25) is 0 Å². The molecule has 4 rings (SSSR count). The summed E-state index contributed by atoms with van der Waals surface area (Å²) in [6.07, 6.45) is 0. The fourth-order valence-corrected chi connectivity index (χ4v) is 3.60. The molecule has 0 fully saturated rings. The Labute approximate surface area is 176 Å². The van der Waals surface area contributed by atoms with Crippen LogP contribution in [0.5, 0.6) is 0 Å². The number of nitrogens with zero attached hydrogens (tertiary/aromatic N) is 1. The minimum Gasteiger partial charge on any atom is -0.378 e. The van der Waals surface area contributed by atoms with E-state index in [2.05, 4.69) is 10.6 Å². The molecule has 0 unspecified atom stereocenters. The summed E-state index contributed by atoms with van der Waals surface area (Å²) in [6, 6.07) is 25.6. The van der Waals surface area contributed by atoms with Crippen LogP contribution in [-0.2, 0) is 0 Å². The first-order valence-electron chi connectivity index (χ1n) is 9.79. The van der Waals surface area contributed by atoms with E-state index in [0.29, 0.717) is 16.8 Å². The number of anilines is 1. The third kappa shape index (κ3) is 3.82. The van der Waals surface area contributed by atoms with Crippen molar-refractivity contribution in [3.8, 4) is 0 Å². The largest absolute Gasteiger partial charge is 0.378 e. The molecule has 0 aromatic heterocycles. The zero-order chi connectivity index (χ0) is 21.1. The lowest BCUT2D eigenvalue weighted by Crippen LogP contribution is -2.45. The number of ketones is 1. The van der Waals surface area contributed by atoms with Gasteiger partial charge in [0.05, 0.1) is 17.3 Å². The molecule has 5 heteroatoms. The molecule has 0 spiro atoms. The zero-order valence-corrected chi connectivity index (χ0v) is 16.9. The van der Waals surface area contributed by atoms with Crippen molar-refractivity contribution in [3.05, 3.63) is 107 Å². The topological polar surface area (TPSA) is 61.4 Å². The number of amides is 2. The quantitative estimate of drug-likeness (QED) is 0.628. The molecular formula is C25H23N3O2. The van der Waals surface area contributed by atoms with E-state index in [1.54, 1.807) is 12.1 Å². The van der Waals surface area contributed by atoms with Gasteiger partial charge in [-0.3, -0.25) is 4.79 Å². The number of carbonyl (C=O) groups excluding carboxylic acids is 2. The SMILES string of the molecule is CN(C)c1ccc([C@H]2NC(=O)NC(c3ccccc3)=C2C(=O)c2ccccc2)cc1. The second-order valence-corrected chi connectivity index (χ2v) is 7.37. The molecule has 0 saturated carbocycles. The molecular weight excluding hydrogens is 374 g/mol. The molecule has 0 bridgehead atoms. The van der Waals surface area contributed by atoms with Gasteiger partial charge in [-0.2, -0.15) is 0 Å². The van der Waals surface area contributed by atoms with Gasteiger partial charge in [-0.1, -0.05) is 72.8 Å². The fourth-order valence-electron chi connectivity index (χ4n) is 3.60. The van der Waals surface area contributed by atoms with Gasteiger partial charge in [0.1, 0.15) is 0 Å². The predicted molar refractivity (Wildman–Crippen MR) is 119 cm³/mol. The van der Waals surface area contributed by atoms with Crippen LogP contribution in [0.4, 0.5) is 10.5 Å². The van der Waals surface area contributed by atoms with E-state index in [1.165, 1.54) is 0 Å². The van der Waals surface area contributed by atoms with Crippen LogP contribution < -0.4 is 15.5 Å². The smallest absolute Gasteiger partial charge is 0.320 e. The summed E-state index contributed by atoms with van der Waals surface area (Å²) >= 11 is 0. The average Bonchev–Trinajstić information content (AvgIpc) is 2.79. The van der Waals surface area contributed by atoms with Gasteiger partial charge in [-0.25, -0.2) is 4.79 Å². The van der Waals surface area contributed by atoms with Crippen LogP contribution in [0.1, 0.15) is 27.5 Å². The Morgan fingerprint density at radius 1 is 0.833 bits per heavy atom. The molecule has 0 aliphatic carbocycles. The number of hydrogen-bond acceptors (Lipinski definition) is 3. The first kappa shape index (κ1) is 19.5. The minimum atomic E-state index is -0.558. The maximum Gasteiger partial charge on any atom is 0.320 e. The number of carbonyl (C=O) groups is 2. The maximum atomic E-state index is 13.6. The molecule has 5 nitrogen and oxygen atoms in total. The Bertz CT molecular complexity index is 1090. The van der Waals surface area contributed by atoms with Crippen LogP contribution in [0.15, 0.2) is 90.5 Å². The molecule has 0 radical (unpaired) electrons. The standard InChI is InChI=1S/C25H23N3O2/c1-28(2)20-15-13-18(14-16-20)23-21(24(29)19-11-7-4-8-12-19)22(26-25(30)27-23)17-9-5-3-6-10-17/h3-16,23H,1-2H3,(H2,26,27,30)/t23-/m1/s1. The van der Waals surface area contributed by atoms with Gasteiger partial charge in [-0.15, -0.1) is 0 Å². The summed E-state index contributed by atoms with van der Waals surface area (Å²) < 4.78 is 0. The molecule has 3 aromatic rings. The van der Waals surface area contributed by atoms with Crippen molar-refractivity contribution in [2.45, 2.75) is 6.04 Å². The monoisotopic (exact) mass is 397 g/mol. The summed E-state index contributed by atoms with van der Waals surface area (Å²) in [6.45, 7) is 0. The highest BCUT2D eigenvalue weighted by Crippen LogP contribution is 2.34. The molecule has 1 atom stereocenters. The van der Waals surface area contributed by atoms with Gasteiger partial charge >= 0.3 is 6.03 Å².